The Morgan fingerprint density at radius 2 is 2.10 bits per heavy atom. The van der Waals surface area contributed by atoms with Crippen molar-refractivity contribution in [2.24, 2.45) is 0 Å². The second-order valence-electron chi connectivity index (χ2n) is 3.96. The highest BCUT2D eigenvalue weighted by atomic mass is 35.5. The van der Waals surface area contributed by atoms with E-state index in [-0.39, 0.29) is 10.6 Å². The lowest BCUT2D eigenvalue weighted by Gasteiger charge is -2.05. The van der Waals surface area contributed by atoms with Gasteiger partial charge >= 0.3 is 0 Å². The van der Waals surface area contributed by atoms with E-state index >= 15 is 0 Å². The second kappa shape index (κ2) is 6.38. The Hall–Kier alpha value is -1.70. The molecule has 1 heterocycles. The number of carbonyl (C=O) groups excluding carboxylic acids is 1. The monoisotopic (exact) mass is 345 g/mol. The van der Waals surface area contributed by atoms with Crippen LogP contribution in [0, 0.1) is 5.82 Å². The van der Waals surface area contributed by atoms with Gasteiger partial charge in [-0.05, 0) is 46.7 Å². The van der Waals surface area contributed by atoms with Crippen molar-refractivity contribution in [3.05, 3.63) is 62.4 Å². The van der Waals surface area contributed by atoms with Crippen molar-refractivity contribution in [1.29, 1.82) is 0 Å². The molecule has 0 aliphatic carbocycles. The first kappa shape index (κ1) is 15.7. The summed E-state index contributed by atoms with van der Waals surface area (Å²) in [6, 6.07) is 4.80. The predicted molar refractivity (Wildman–Crippen MR) is 81.1 cm³/mol. The Morgan fingerprint density at radius 1 is 1.33 bits per heavy atom. The Kier molecular flexibility index (Phi) is 4.76. The molecule has 0 atom stereocenters. The Morgan fingerprint density at radius 3 is 2.71 bits per heavy atom. The molecule has 0 spiro atoms. The number of hydrogen-bond donors (Lipinski definition) is 1. The van der Waals surface area contributed by atoms with Gasteiger partial charge in [-0.2, -0.15) is 11.3 Å². The lowest BCUT2D eigenvalue weighted by molar-refractivity contribution is 0.0982. The van der Waals surface area contributed by atoms with E-state index in [1.54, 1.807) is 16.8 Å². The number of carbonyl (C=O) groups is 1. The van der Waals surface area contributed by atoms with Gasteiger partial charge in [-0.1, -0.05) is 11.6 Å². The van der Waals surface area contributed by atoms with Crippen LogP contribution in [-0.4, -0.2) is 14.3 Å². The molecule has 2 rings (SSSR count). The SMILES string of the molecule is O=C(NS(=O)(=O)C=Cc1ccsc1)c1ccc(F)cc1Cl. The molecule has 0 aliphatic rings. The van der Waals surface area contributed by atoms with Crippen LogP contribution in [0.25, 0.3) is 6.08 Å². The smallest absolute Gasteiger partial charge is 0.266 e. The molecule has 0 unspecified atom stereocenters. The Labute approximate surface area is 129 Å². The fraction of sp³-hybridized carbons (Fsp3) is 0. The van der Waals surface area contributed by atoms with Crippen molar-refractivity contribution in [2.45, 2.75) is 0 Å². The van der Waals surface area contributed by atoms with Gasteiger partial charge in [-0.3, -0.25) is 4.79 Å². The highest BCUT2D eigenvalue weighted by Gasteiger charge is 2.16. The molecule has 2 aromatic rings. The van der Waals surface area contributed by atoms with E-state index in [9.17, 15) is 17.6 Å². The summed E-state index contributed by atoms with van der Waals surface area (Å²) in [6.07, 6.45) is 1.36. The van der Waals surface area contributed by atoms with Crippen LogP contribution >= 0.6 is 22.9 Å². The van der Waals surface area contributed by atoms with E-state index < -0.39 is 21.7 Å². The van der Waals surface area contributed by atoms with Gasteiger partial charge in [-0.15, -0.1) is 0 Å². The fourth-order valence-electron chi connectivity index (χ4n) is 1.43. The number of amides is 1. The second-order valence-corrected chi connectivity index (χ2v) is 6.71. The highest BCUT2D eigenvalue weighted by molar-refractivity contribution is 7.93. The molecule has 8 heteroatoms. The van der Waals surface area contributed by atoms with Crippen molar-refractivity contribution >= 4 is 44.9 Å². The van der Waals surface area contributed by atoms with Gasteiger partial charge in [0.25, 0.3) is 15.9 Å². The van der Waals surface area contributed by atoms with Crippen molar-refractivity contribution in [1.82, 2.24) is 4.72 Å². The topological polar surface area (TPSA) is 63.2 Å². The highest BCUT2D eigenvalue weighted by Crippen LogP contribution is 2.17. The molecule has 21 heavy (non-hydrogen) atoms. The molecule has 0 bridgehead atoms. The molecule has 0 radical (unpaired) electrons. The molecule has 1 N–H and O–H groups in total. The van der Waals surface area contributed by atoms with Gasteiger partial charge < -0.3 is 0 Å². The third kappa shape index (κ3) is 4.38. The molecular formula is C13H9ClFNO3S2. The maximum Gasteiger partial charge on any atom is 0.266 e. The quantitative estimate of drug-likeness (QED) is 0.925. The molecule has 0 fully saturated rings. The van der Waals surface area contributed by atoms with Crippen molar-refractivity contribution in [3.8, 4) is 0 Å². The number of halogens is 2. The van der Waals surface area contributed by atoms with Crippen LogP contribution in [0.2, 0.25) is 5.02 Å². The van der Waals surface area contributed by atoms with Crippen molar-refractivity contribution < 1.29 is 17.6 Å². The van der Waals surface area contributed by atoms with Crippen LogP contribution in [0.15, 0.2) is 40.4 Å². The third-order valence-electron chi connectivity index (χ3n) is 2.39. The van der Waals surface area contributed by atoms with E-state index in [0.717, 1.165) is 23.6 Å². The minimum atomic E-state index is -3.96. The van der Waals surface area contributed by atoms with Gasteiger partial charge in [0.15, 0.2) is 0 Å². The number of nitrogens with one attached hydrogen (secondary N) is 1. The molecule has 1 aromatic heterocycles. The van der Waals surface area contributed by atoms with Crippen LogP contribution in [0.4, 0.5) is 4.39 Å². The van der Waals surface area contributed by atoms with Crippen LogP contribution < -0.4 is 4.72 Å². The molecule has 1 amide bonds. The van der Waals surface area contributed by atoms with E-state index in [1.807, 2.05) is 4.72 Å². The Balaban J connectivity index is 2.14. The van der Waals surface area contributed by atoms with Crippen molar-refractivity contribution in [2.75, 3.05) is 0 Å². The minimum Gasteiger partial charge on any atom is -0.268 e. The normalized spacial score (nSPS) is 11.7. The molecule has 0 saturated carbocycles. The van der Waals surface area contributed by atoms with Gasteiger partial charge in [0.05, 0.1) is 16.0 Å². The molecule has 0 saturated heterocycles. The van der Waals surface area contributed by atoms with Gasteiger partial charge in [0.2, 0.25) is 0 Å². The number of hydrogen-bond acceptors (Lipinski definition) is 4. The largest absolute Gasteiger partial charge is 0.268 e. The van der Waals surface area contributed by atoms with Crippen molar-refractivity contribution in [3.63, 3.8) is 0 Å². The summed E-state index contributed by atoms with van der Waals surface area (Å²) in [5, 5.41) is 4.27. The van der Waals surface area contributed by atoms with Crippen LogP contribution in [0.3, 0.4) is 0 Å². The summed E-state index contributed by atoms with van der Waals surface area (Å²) >= 11 is 7.12. The zero-order valence-corrected chi connectivity index (χ0v) is 12.8. The van der Waals surface area contributed by atoms with Gasteiger partial charge in [-0.25, -0.2) is 17.5 Å². The van der Waals surface area contributed by atoms with Crippen LogP contribution in [0.5, 0.6) is 0 Å². The molecule has 1 aromatic carbocycles. The summed E-state index contributed by atoms with van der Waals surface area (Å²) < 4.78 is 38.2. The summed E-state index contributed by atoms with van der Waals surface area (Å²) in [7, 11) is -3.96. The summed E-state index contributed by atoms with van der Waals surface area (Å²) in [4.78, 5) is 11.8. The average molecular weight is 346 g/mol. The van der Waals surface area contributed by atoms with E-state index in [0.29, 0.717) is 5.56 Å². The van der Waals surface area contributed by atoms with E-state index in [2.05, 4.69) is 0 Å². The standard InChI is InChI=1S/C13H9ClFNO3S2/c14-12-7-10(15)1-2-11(12)13(17)16-21(18,19)6-4-9-3-5-20-8-9/h1-8H,(H,16,17). The first-order chi connectivity index (χ1) is 9.87. The number of rotatable bonds is 4. The zero-order chi connectivity index (χ0) is 15.5. The summed E-state index contributed by atoms with van der Waals surface area (Å²) in [5.41, 5.74) is 0.586. The average Bonchev–Trinajstić information content (AvgIpc) is 2.88. The molecule has 0 aliphatic heterocycles. The van der Waals surface area contributed by atoms with E-state index in [4.69, 9.17) is 11.6 Å². The lowest BCUT2D eigenvalue weighted by atomic mass is 10.2. The lowest BCUT2D eigenvalue weighted by Crippen LogP contribution is -2.29. The van der Waals surface area contributed by atoms with E-state index in [1.165, 1.54) is 17.4 Å². The van der Waals surface area contributed by atoms with Crippen LogP contribution in [-0.2, 0) is 10.0 Å². The molecular weight excluding hydrogens is 337 g/mol. The molecule has 110 valence electrons. The first-order valence-corrected chi connectivity index (χ1v) is 8.46. The summed E-state index contributed by atoms with van der Waals surface area (Å²) in [5.74, 6) is -1.54. The first-order valence-electron chi connectivity index (χ1n) is 5.60. The van der Waals surface area contributed by atoms with Gasteiger partial charge in [0.1, 0.15) is 5.82 Å². The maximum absolute atomic E-state index is 12.9. The number of benzene rings is 1. The van der Waals surface area contributed by atoms with Crippen LogP contribution in [0.1, 0.15) is 15.9 Å². The number of thiophene rings is 1. The zero-order valence-electron chi connectivity index (χ0n) is 10.4. The fourth-order valence-corrected chi connectivity index (χ4v) is 3.08. The van der Waals surface area contributed by atoms with Gasteiger partial charge in [0, 0.05) is 0 Å². The number of sulfonamides is 1. The molecule has 4 nitrogen and oxygen atoms in total. The third-order valence-corrected chi connectivity index (χ3v) is 4.37. The Bertz CT molecular complexity index is 786. The minimum absolute atomic E-state index is 0.120. The predicted octanol–water partition coefficient (Wildman–Crippen LogP) is 3.27. The summed E-state index contributed by atoms with van der Waals surface area (Å²) in [6.45, 7) is 0. The maximum atomic E-state index is 12.9.